The number of allylic oxidation sites excluding steroid dienone is 1. The number of nitrogens with zero attached hydrogens (tertiary/aromatic N) is 2. The Morgan fingerprint density at radius 2 is 2.25 bits per heavy atom. The number of carbonyl (C=O) groups excluding carboxylic acids is 1. The second-order valence-electron chi connectivity index (χ2n) is 6.26. The van der Waals surface area contributed by atoms with Gasteiger partial charge in [-0.1, -0.05) is 30.9 Å². The molecule has 5 nitrogen and oxygen atoms in total. The normalized spacial score (nSPS) is 26.0. The third-order valence-corrected chi connectivity index (χ3v) is 4.72. The maximum Gasteiger partial charge on any atom is 0.303 e. The van der Waals surface area contributed by atoms with Crippen molar-refractivity contribution >= 4 is 5.97 Å². The molecule has 124 valence electrons. The monoisotopic (exact) mass is 323 g/mol. The van der Waals surface area contributed by atoms with Gasteiger partial charge in [-0.25, -0.2) is 0 Å². The summed E-state index contributed by atoms with van der Waals surface area (Å²) in [5, 5.41) is 23.0. The third kappa shape index (κ3) is 3.35. The summed E-state index contributed by atoms with van der Waals surface area (Å²) in [7, 11) is 0. The molecule has 2 rings (SSSR count). The zero-order valence-electron chi connectivity index (χ0n) is 14.0. The number of ether oxygens (including phenoxy) is 1. The average Bonchev–Trinajstić information content (AvgIpc) is 2.96. The number of hydrogen-bond donors (Lipinski definition) is 1. The molecule has 0 aromatic carbocycles. The molecular formula is C19H21N3O2. The molecule has 2 aliphatic rings. The zero-order chi connectivity index (χ0) is 17.7. The Morgan fingerprint density at radius 3 is 2.83 bits per heavy atom. The van der Waals surface area contributed by atoms with Crippen LogP contribution in [0.4, 0.5) is 0 Å². The van der Waals surface area contributed by atoms with Crippen LogP contribution >= 0.6 is 0 Å². The summed E-state index contributed by atoms with van der Waals surface area (Å²) in [6.45, 7) is 7.07. The van der Waals surface area contributed by atoms with E-state index in [1.54, 1.807) is 0 Å². The fourth-order valence-electron chi connectivity index (χ4n) is 3.52. The molecular weight excluding hydrogens is 302 g/mol. The second-order valence-corrected chi connectivity index (χ2v) is 6.26. The SMILES string of the molecule is C=CC(C)[C@@H]1C(C(C#N)(C#N)C#CCOC(C)=O)=C[C@H]2CC[C@@H]1N2. The van der Waals surface area contributed by atoms with Crippen molar-refractivity contribution in [2.24, 2.45) is 17.3 Å². The van der Waals surface area contributed by atoms with Gasteiger partial charge in [-0.3, -0.25) is 4.79 Å². The summed E-state index contributed by atoms with van der Waals surface area (Å²) >= 11 is 0. The number of nitriles is 2. The summed E-state index contributed by atoms with van der Waals surface area (Å²) < 4.78 is 4.78. The van der Waals surface area contributed by atoms with Gasteiger partial charge >= 0.3 is 5.97 Å². The molecule has 0 aliphatic carbocycles. The van der Waals surface area contributed by atoms with Crippen LogP contribution in [0.3, 0.4) is 0 Å². The van der Waals surface area contributed by atoms with Crippen molar-refractivity contribution in [3.8, 4) is 24.0 Å². The molecule has 2 aliphatic heterocycles. The van der Waals surface area contributed by atoms with Gasteiger partial charge in [0.05, 0.1) is 0 Å². The van der Waals surface area contributed by atoms with Crippen molar-refractivity contribution < 1.29 is 9.53 Å². The van der Waals surface area contributed by atoms with Gasteiger partial charge in [0.25, 0.3) is 0 Å². The highest BCUT2D eigenvalue weighted by atomic mass is 16.5. The standard InChI is InChI=1S/C19H21N3O2/c1-4-13(2)18-16(10-15-6-7-17(18)22-15)19(11-20,12-21)8-5-9-24-14(3)23/h4,10,13,15,17-18,22H,1,6-7,9H2,2-3H3/t13?,15-,17+,18-/m1/s1. The molecule has 4 atom stereocenters. The summed E-state index contributed by atoms with van der Waals surface area (Å²) in [5.41, 5.74) is -0.771. The first-order chi connectivity index (χ1) is 11.5. The van der Waals surface area contributed by atoms with E-state index in [2.05, 4.69) is 35.9 Å². The van der Waals surface area contributed by atoms with Crippen molar-refractivity contribution in [1.82, 2.24) is 5.32 Å². The van der Waals surface area contributed by atoms with E-state index in [0.717, 1.165) is 18.4 Å². The fourth-order valence-corrected chi connectivity index (χ4v) is 3.52. The lowest BCUT2D eigenvalue weighted by molar-refractivity contribution is -0.139. The second kappa shape index (κ2) is 7.35. The minimum absolute atomic E-state index is 0.00331. The number of carbonyl (C=O) groups is 1. The number of nitrogens with one attached hydrogen (secondary N) is 1. The molecule has 2 heterocycles. The van der Waals surface area contributed by atoms with Crippen LogP contribution in [-0.2, 0) is 9.53 Å². The first-order valence-corrected chi connectivity index (χ1v) is 8.04. The summed E-state index contributed by atoms with van der Waals surface area (Å²) in [6.07, 6.45) is 5.83. The van der Waals surface area contributed by atoms with Crippen LogP contribution in [0.1, 0.15) is 26.7 Å². The summed E-state index contributed by atoms with van der Waals surface area (Å²) in [4.78, 5) is 10.8. The molecule has 1 saturated heterocycles. The van der Waals surface area contributed by atoms with Gasteiger partial charge < -0.3 is 10.1 Å². The van der Waals surface area contributed by atoms with Gasteiger partial charge in [0, 0.05) is 24.9 Å². The Hall–Kier alpha value is -2.55. The molecule has 0 spiro atoms. The van der Waals surface area contributed by atoms with Crippen LogP contribution in [0.2, 0.25) is 0 Å². The lowest BCUT2D eigenvalue weighted by Gasteiger charge is -2.37. The molecule has 0 aromatic heterocycles. The predicted octanol–water partition coefficient (Wildman–Crippen LogP) is 2.09. The zero-order valence-corrected chi connectivity index (χ0v) is 14.0. The molecule has 0 radical (unpaired) electrons. The Morgan fingerprint density at radius 1 is 1.54 bits per heavy atom. The van der Waals surface area contributed by atoms with E-state index in [1.165, 1.54) is 6.92 Å². The first kappa shape index (κ1) is 17.8. The van der Waals surface area contributed by atoms with Crippen LogP contribution in [0.15, 0.2) is 24.3 Å². The van der Waals surface area contributed by atoms with E-state index in [1.807, 2.05) is 19.1 Å². The van der Waals surface area contributed by atoms with Gasteiger partial charge in [-0.05, 0) is 24.3 Å². The van der Waals surface area contributed by atoms with Crippen LogP contribution in [0.25, 0.3) is 0 Å². The number of fused-ring (bicyclic) bond motifs is 2. The van der Waals surface area contributed by atoms with Crippen molar-refractivity contribution in [3.63, 3.8) is 0 Å². The van der Waals surface area contributed by atoms with Gasteiger partial charge in [0.15, 0.2) is 6.61 Å². The van der Waals surface area contributed by atoms with E-state index in [4.69, 9.17) is 4.74 Å². The van der Waals surface area contributed by atoms with Crippen LogP contribution in [-0.4, -0.2) is 24.7 Å². The molecule has 0 aromatic rings. The van der Waals surface area contributed by atoms with Crippen molar-refractivity contribution in [1.29, 1.82) is 10.5 Å². The Balaban J connectivity index is 2.41. The van der Waals surface area contributed by atoms with Crippen molar-refractivity contribution in [3.05, 3.63) is 24.3 Å². The molecule has 1 fully saturated rings. The molecule has 1 unspecified atom stereocenters. The third-order valence-electron chi connectivity index (χ3n) is 4.72. The highest BCUT2D eigenvalue weighted by molar-refractivity contribution is 5.66. The number of hydrogen-bond acceptors (Lipinski definition) is 5. The lowest BCUT2D eigenvalue weighted by Crippen LogP contribution is -2.45. The van der Waals surface area contributed by atoms with E-state index in [-0.39, 0.29) is 30.5 Å². The highest BCUT2D eigenvalue weighted by Crippen LogP contribution is 2.44. The average molecular weight is 323 g/mol. The minimum atomic E-state index is -1.52. The largest absolute Gasteiger partial charge is 0.453 e. The van der Waals surface area contributed by atoms with Crippen molar-refractivity contribution in [2.75, 3.05) is 6.61 Å². The molecule has 5 heteroatoms. The van der Waals surface area contributed by atoms with Gasteiger partial charge in [0.2, 0.25) is 5.41 Å². The highest BCUT2D eigenvalue weighted by Gasteiger charge is 2.47. The number of esters is 1. The van der Waals surface area contributed by atoms with Crippen LogP contribution in [0.5, 0.6) is 0 Å². The van der Waals surface area contributed by atoms with Gasteiger partial charge in [-0.15, -0.1) is 6.58 Å². The van der Waals surface area contributed by atoms with Crippen molar-refractivity contribution in [2.45, 2.75) is 38.8 Å². The predicted molar refractivity (Wildman–Crippen MR) is 88.9 cm³/mol. The van der Waals surface area contributed by atoms with E-state index in [0.29, 0.717) is 0 Å². The molecule has 24 heavy (non-hydrogen) atoms. The molecule has 2 bridgehead atoms. The maximum atomic E-state index is 10.8. The first-order valence-electron chi connectivity index (χ1n) is 8.04. The van der Waals surface area contributed by atoms with E-state index >= 15 is 0 Å². The van der Waals surface area contributed by atoms with E-state index in [9.17, 15) is 15.3 Å². The fraction of sp³-hybridized carbons (Fsp3) is 0.526. The van der Waals surface area contributed by atoms with Crippen LogP contribution in [0, 0.1) is 51.8 Å². The minimum Gasteiger partial charge on any atom is -0.453 e. The topological polar surface area (TPSA) is 85.9 Å². The number of rotatable bonds is 4. The van der Waals surface area contributed by atoms with E-state index < -0.39 is 11.4 Å². The Kier molecular flexibility index (Phi) is 5.45. The molecule has 1 N–H and O–H groups in total. The quantitative estimate of drug-likeness (QED) is 0.486. The summed E-state index contributed by atoms with van der Waals surface area (Å²) in [6, 6.07) is 4.59. The molecule has 0 amide bonds. The Bertz CT molecular complexity index is 685. The Labute approximate surface area is 143 Å². The van der Waals surface area contributed by atoms with Gasteiger partial charge in [-0.2, -0.15) is 10.5 Å². The lowest BCUT2D eigenvalue weighted by atomic mass is 9.68. The maximum absolute atomic E-state index is 10.8. The van der Waals surface area contributed by atoms with Gasteiger partial charge in [0.1, 0.15) is 12.1 Å². The summed E-state index contributed by atoms with van der Waals surface area (Å²) in [5.74, 6) is 5.09. The smallest absolute Gasteiger partial charge is 0.303 e. The molecule has 0 saturated carbocycles. The van der Waals surface area contributed by atoms with Crippen LogP contribution < -0.4 is 5.32 Å².